The molecule has 9 heteroatoms. The van der Waals surface area contributed by atoms with Gasteiger partial charge in [-0.15, -0.1) is 0 Å². The summed E-state index contributed by atoms with van der Waals surface area (Å²) in [6.07, 6.45) is 4.84. The molecule has 0 fully saturated rings. The number of nitrogens with one attached hydrogen (secondary N) is 2. The molecule has 1 atom stereocenters. The number of ether oxygens (including phenoxy) is 1. The Bertz CT molecular complexity index is 1110. The van der Waals surface area contributed by atoms with E-state index in [-0.39, 0.29) is 10.9 Å². The predicted octanol–water partition coefficient (Wildman–Crippen LogP) is 2.58. The molecule has 0 spiro atoms. The lowest BCUT2D eigenvalue weighted by atomic mass is 10.1. The first kappa shape index (κ1) is 22.4. The van der Waals surface area contributed by atoms with Crippen molar-refractivity contribution in [1.82, 2.24) is 20.4 Å². The van der Waals surface area contributed by atoms with Crippen molar-refractivity contribution in [3.63, 3.8) is 0 Å². The summed E-state index contributed by atoms with van der Waals surface area (Å²) in [7, 11) is -1.49. The highest BCUT2D eigenvalue weighted by Gasteiger charge is 2.10. The molecule has 0 saturated heterocycles. The van der Waals surface area contributed by atoms with Gasteiger partial charge in [0.25, 0.3) is 0 Å². The smallest absolute Gasteiger partial charge is 0.191 e. The number of nitrogens with zero attached hydrogens (tertiary/aromatic N) is 3. The van der Waals surface area contributed by atoms with Crippen LogP contribution in [-0.2, 0) is 9.84 Å². The summed E-state index contributed by atoms with van der Waals surface area (Å²) >= 11 is 0. The molecule has 0 aliphatic carbocycles. The molecule has 0 bridgehead atoms. The number of hydrogen-bond donors (Lipinski definition) is 2. The second-order valence-electron chi connectivity index (χ2n) is 7.00. The van der Waals surface area contributed by atoms with Crippen molar-refractivity contribution in [3.05, 3.63) is 72.6 Å². The Balaban J connectivity index is 1.49. The highest BCUT2D eigenvalue weighted by molar-refractivity contribution is 7.90. The fraction of sp³-hybridized carbons (Fsp3) is 0.273. The molecule has 0 aliphatic heterocycles. The van der Waals surface area contributed by atoms with E-state index in [9.17, 15) is 8.42 Å². The van der Waals surface area contributed by atoms with Crippen molar-refractivity contribution in [1.29, 1.82) is 0 Å². The maximum Gasteiger partial charge on any atom is 0.191 e. The summed E-state index contributed by atoms with van der Waals surface area (Å²) in [5.41, 5.74) is 2.10. The standard InChI is InChI=1S/C22H27N5O3S/c1-17(18-6-4-7-19(16-18)27-14-5-12-25-27)26-22(23-2)24-13-15-30-20-8-10-21(11-9-20)31(3,28)29/h4-12,14,16-17H,13,15H2,1-3H3,(H2,23,24,26). The summed E-state index contributed by atoms with van der Waals surface area (Å²) in [5.74, 6) is 1.27. The zero-order valence-electron chi connectivity index (χ0n) is 17.8. The van der Waals surface area contributed by atoms with Gasteiger partial charge in [-0.2, -0.15) is 5.10 Å². The van der Waals surface area contributed by atoms with Gasteiger partial charge < -0.3 is 15.4 Å². The number of aliphatic imine (C=N–C) groups is 1. The molecule has 1 unspecified atom stereocenters. The monoisotopic (exact) mass is 441 g/mol. The maximum absolute atomic E-state index is 11.5. The number of benzene rings is 2. The minimum Gasteiger partial charge on any atom is -0.492 e. The first-order valence-electron chi connectivity index (χ1n) is 9.87. The molecular formula is C22H27N5O3S. The Labute approximate surface area is 182 Å². The Morgan fingerprint density at radius 2 is 1.97 bits per heavy atom. The van der Waals surface area contributed by atoms with Crippen LogP contribution in [0.4, 0.5) is 0 Å². The van der Waals surface area contributed by atoms with Crippen molar-refractivity contribution in [2.24, 2.45) is 4.99 Å². The molecule has 0 aliphatic rings. The van der Waals surface area contributed by atoms with Crippen molar-refractivity contribution < 1.29 is 13.2 Å². The Kier molecular flexibility index (Phi) is 7.30. The first-order valence-corrected chi connectivity index (χ1v) is 11.8. The SMILES string of the molecule is CN=C(NCCOc1ccc(S(C)(=O)=O)cc1)NC(C)c1cccc(-n2cccn2)c1. The van der Waals surface area contributed by atoms with Crippen LogP contribution in [0.3, 0.4) is 0 Å². The number of rotatable bonds is 8. The minimum atomic E-state index is -3.21. The topological polar surface area (TPSA) is 97.6 Å². The molecular weight excluding hydrogens is 414 g/mol. The lowest BCUT2D eigenvalue weighted by Gasteiger charge is -2.19. The number of aromatic nitrogens is 2. The lowest BCUT2D eigenvalue weighted by Crippen LogP contribution is -2.40. The molecule has 31 heavy (non-hydrogen) atoms. The van der Waals surface area contributed by atoms with Gasteiger partial charge in [-0.25, -0.2) is 13.1 Å². The zero-order chi connectivity index (χ0) is 22.3. The summed E-state index contributed by atoms with van der Waals surface area (Å²) in [5, 5.41) is 10.9. The number of sulfone groups is 1. The minimum absolute atomic E-state index is 0.0335. The van der Waals surface area contributed by atoms with Crippen LogP contribution in [0.5, 0.6) is 5.75 Å². The highest BCUT2D eigenvalue weighted by atomic mass is 32.2. The fourth-order valence-electron chi connectivity index (χ4n) is 2.96. The molecule has 0 saturated carbocycles. The quantitative estimate of drug-likeness (QED) is 0.317. The molecule has 3 rings (SSSR count). The van der Waals surface area contributed by atoms with Crippen LogP contribution in [0.15, 0.2) is 76.9 Å². The van der Waals surface area contributed by atoms with Crippen LogP contribution in [0.1, 0.15) is 18.5 Å². The van der Waals surface area contributed by atoms with E-state index in [1.165, 1.54) is 18.4 Å². The fourth-order valence-corrected chi connectivity index (χ4v) is 3.59. The molecule has 8 nitrogen and oxygen atoms in total. The van der Waals surface area contributed by atoms with Gasteiger partial charge in [0.2, 0.25) is 0 Å². The van der Waals surface area contributed by atoms with Crippen LogP contribution in [0.2, 0.25) is 0 Å². The molecule has 0 amide bonds. The molecule has 1 aromatic heterocycles. The van der Waals surface area contributed by atoms with E-state index in [0.717, 1.165) is 11.3 Å². The van der Waals surface area contributed by atoms with Crippen LogP contribution in [0.25, 0.3) is 5.69 Å². The van der Waals surface area contributed by atoms with Crippen molar-refractivity contribution >= 4 is 15.8 Å². The molecule has 164 valence electrons. The second kappa shape index (κ2) is 10.1. The second-order valence-corrected chi connectivity index (χ2v) is 9.02. The van der Waals surface area contributed by atoms with Gasteiger partial charge in [0.15, 0.2) is 15.8 Å². The van der Waals surface area contributed by atoms with E-state index < -0.39 is 9.84 Å². The molecule has 3 aromatic rings. The van der Waals surface area contributed by atoms with Crippen molar-refractivity contribution in [2.75, 3.05) is 26.5 Å². The van der Waals surface area contributed by atoms with Gasteiger partial charge in [-0.1, -0.05) is 12.1 Å². The van der Waals surface area contributed by atoms with E-state index in [2.05, 4.69) is 39.8 Å². The molecule has 0 radical (unpaired) electrons. The predicted molar refractivity (Wildman–Crippen MR) is 122 cm³/mol. The van der Waals surface area contributed by atoms with Gasteiger partial charge in [0, 0.05) is 25.7 Å². The number of hydrogen-bond acceptors (Lipinski definition) is 5. The highest BCUT2D eigenvalue weighted by Crippen LogP contribution is 2.17. The largest absolute Gasteiger partial charge is 0.492 e. The van der Waals surface area contributed by atoms with Crippen LogP contribution in [0, 0.1) is 0 Å². The van der Waals surface area contributed by atoms with Crippen molar-refractivity contribution in [2.45, 2.75) is 17.9 Å². The van der Waals surface area contributed by atoms with Gasteiger partial charge in [0.1, 0.15) is 12.4 Å². The van der Waals surface area contributed by atoms with Gasteiger partial charge in [0.05, 0.1) is 23.2 Å². The van der Waals surface area contributed by atoms with Crippen LogP contribution >= 0.6 is 0 Å². The third kappa shape index (κ3) is 6.32. The Morgan fingerprint density at radius 3 is 2.61 bits per heavy atom. The average Bonchev–Trinajstić information content (AvgIpc) is 3.30. The summed E-state index contributed by atoms with van der Waals surface area (Å²) in [6, 6.07) is 16.5. The average molecular weight is 442 g/mol. The van der Waals surface area contributed by atoms with Crippen molar-refractivity contribution in [3.8, 4) is 11.4 Å². The molecule has 2 N–H and O–H groups in total. The van der Waals surface area contributed by atoms with Crippen LogP contribution < -0.4 is 15.4 Å². The third-order valence-electron chi connectivity index (χ3n) is 4.63. The maximum atomic E-state index is 11.5. The Hall–Kier alpha value is -3.33. The van der Waals surface area contributed by atoms with Gasteiger partial charge in [-0.05, 0) is 55.0 Å². The summed E-state index contributed by atoms with van der Waals surface area (Å²) in [4.78, 5) is 4.54. The first-order chi connectivity index (χ1) is 14.9. The Morgan fingerprint density at radius 1 is 1.19 bits per heavy atom. The summed E-state index contributed by atoms with van der Waals surface area (Å²) < 4.78 is 30.5. The van der Waals surface area contributed by atoms with E-state index in [4.69, 9.17) is 4.74 Å². The van der Waals surface area contributed by atoms with Gasteiger partial charge in [-0.3, -0.25) is 4.99 Å². The zero-order valence-corrected chi connectivity index (χ0v) is 18.6. The third-order valence-corrected chi connectivity index (χ3v) is 5.76. The van der Waals surface area contributed by atoms with E-state index >= 15 is 0 Å². The lowest BCUT2D eigenvalue weighted by molar-refractivity contribution is 0.321. The van der Waals surface area contributed by atoms with Crippen LogP contribution in [-0.4, -0.2) is 50.6 Å². The van der Waals surface area contributed by atoms with E-state index in [1.807, 2.05) is 29.1 Å². The van der Waals surface area contributed by atoms with E-state index in [0.29, 0.717) is 24.9 Å². The van der Waals surface area contributed by atoms with Gasteiger partial charge >= 0.3 is 0 Å². The normalized spacial score (nSPS) is 12.9. The number of guanidine groups is 1. The summed E-state index contributed by atoms with van der Waals surface area (Å²) in [6.45, 7) is 3.00. The molecule has 1 heterocycles. The molecule has 2 aromatic carbocycles. The van der Waals surface area contributed by atoms with E-state index in [1.54, 1.807) is 25.4 Å².